The van der Waals surface area contributed by atoms with Gasteiger partial charge >= 0.3 is 0 Å². The Morgan fingerprint density at radius 2 is 1.82 bits per heavy atom. The molecule has 12 heteroatoms. The van der Waals surface area contributed by atoms with Gasteiger partial charge < -0.3 is 20.1 Å². The van der Waals surface area contributed by atoms with Gasteiger partial charge in [0.05, 0.1) is 26.2 Å². The number of nitrogens with one attached hydrogen (secondary N) is 1. The van der Waals surface area contributed by atoms with Gasteiger partial charge in [-0.2, -0.15) is 5.10 Å². The zero-order chi connectivity index (χ0) is 26.9. The van der Waals surface area contributed by atoms with E-state index in [1.165, 1.54) is 18.9 Å². The van der Waals surface area contributed by atoms with Crippen LogP contribution in [0.2, 0.25) is 5.02 Å². The summed E-state index contributed by atoms with van der Waals surface area (Å²) in [6.07, 6.45) is 1.59. The second kappa shape index (κ2) is 12.8. The second-order valence-electron chi connectivity index (χ2n) is 7.75. The Hall–Kier alpha value is -4.22. The molecule has 4 rings (SSSR count). The van der Waals surface area contributed by atoms with Crippen LogP contribution in [0.4, 0.5) is 5.95 Å². The molecule has 0 saturated heterocycles. The van der Waals surface area contributed by atoms with Crippen LogP contribution in [0, 0.1) is 0 Å². The summed E-state index contributed by atoms with van der Waals surface area (Å²) in [5, 5.41) is 13.2. The number of methoxy groups -OCH3 is 2. The molecule has 0 aliphatic heterocycles. The first kappa shape index (κ1) is 26.8. The molecule has 10 nitrogen and oxygen atoms in total. The molecule has 0 bridgehead atoms. The van der Waals surface area contributed by atoms with Crippen LogP contribution < -0.4 is 25.5 Å². The first-order valence-electron chi connectivity index (χ1n) is 11.3. The Balaban J connectivity index is 1.35. The Bertz CT molecular complexity index is 1450. The number of ketones is 1. The monoisotopic (exact) mass is 552 g/mol. The minimum Gasteiger partial charge on any atom is -0.493 e. The molecule has 0 amide bonds. The van der Waals surface area contributed by atoms with Crippen LogP contribution in [0.15, 0.2) is 77.0 Å². The summed E-state index contributed by atoms with van der Waals surface area (Å²) in [5.74, 6) is 7.94. The van der Waals surface area contributed by atoms with Crippen LogP contribution >= 0.6 is 23.4 Å². The summed E-state index contributed by atoms with van der Waals surface area (Å²) in [5.41, 5.74) is 4.87. The lowest BCUT2D eigenvalue weighted by Gasteiger charge is -2.10. The van der Waals surface area contributed by atoms with Crippen molar-refractivity contribution in [3.05, 3.63) is 88.4 Å². The zero-order valence-electron chi connectivity index (χ0n) is 20.6. The van der Waals surface area contributed by atoms with Crippen molar-refractivity contribution in [1.82, 2.24) is 14.9 Å². The average molecular weight is 553 g/mol. The van der Waals surface area contributed by atoms with Crippen LogP contribution in [-0.2, 0) is 6.61 Å². The number of thioether (sulfide) groups is 1. The van der Waals surface area contributed by atoms with E-state index in [0.717, 1.165) is 22.9 Å². The fraction of sp³-hybridized carbons (Fsp3) is 0.154. The first-order valence-corrected chi connectivity index (χ1v) is 12.7. The number of ether oxygens (including phenoxy) is 3. The number of carbonyl (C=O) groups is 1. The van der Waals surface area contributed by atoms with Gasteiger partial charge in [-0.05, 0) is 36.4 Å². The third-order valence-electron chi connectivity index (χ3n) is 5.33. The predicted octanol–water partition coefficient (Wildman–Crippen LogP) is 4.66. The second-order valence-corrected chi connectivity index (χ2v) is 9.10. The number of rotatable bonds is 12. The van der Waals surface area contributed by atoms with Crippen molar-refractivity contribution in [3.8, 4) is 17.2 Å². The summed E-state index contributed by atoms with van der Waals surface area (Å²) in [4.78, 5) is 12.7. The molecule has 0 atom stereocenters. The number of hydrogen-bond acceptors (Lipinski definition) is 10. The number of aromatic nitrogens is 3. The van der Waals surface area contributed by atoms with Gasteiger partial charge in [-0.1, -0.05) is 53.7 Å². The van der Waals surface area contributed by atoms with Crippen LogP contribution in [0.25, 0.3) is 0 Å². The quantitative estimate of drug-likeness (QED) is 0.0848. The fourth-order valence-corrected chi connectivity index (χ4v) is 4.27. The Kier molecular flexibility index (Phi) is 9.07. The predicted molar refractivity (Wildman–Crippen MR) is 148 cm³/mol. The zero-order valence-corrected chi connectivity index (χ0v) is 22.2. The molecule has 0 aliphatic carbocycles. The van der Waals surface area contributed by atoms with E-state index in [9.17, 15) is 4.79 Å². The number of hydrazone groups is 1. The van der Waals surface area contributed by atoms with Gasteiger partial charge in [-0.3, -0.25) is 4.79 Å². The molecule has 0 spiro atoms. The molecule has 1 heterocycles. The lowest BCUT2D eigenvalue weighted by molar-refractivity contribution is 0.102. The topological polar surface area (TPSA) is 126 Å². The van der Waals surface area contributed by atoms with Crippen LogP contribution in [0.1, 0.15) is 21.5 Å². The van der Waals surface area contributed by atoms with Crippen molar-refractivity contribution in [1.29, 1.82) is 0 Å². The maximum Gasteiger partial charge on any atom is 0.264 e. The third-order valence-corrected chi connectivity index (χ3v) is 6.64. The van der Waals surface area contributed by atoms with E-state index in [2.05, 4.69) is 20.7 Å². The fourth-order valence-electron chi connectivity index (χ4n) is 3.32. The summed E-state index contributed by atoms with van der Waals surface area (Å²) >= 11 is 7.37. The number of nitrogens with zero attached hydrogens (tertiary/aromatic N) is 4. The van der Waals surface area contributed by atoms with Crippen molar-refractivity contribution in [2.45, 2.75) is 11.8 Å². The number of para-hydroxylation sites is 1. The van der Waals surface area contributed by atoms with E-state index in [0.29, 0.717) is 39.6 Å². The molecule has 3 aromatic carbocycles. The molecule has 3 N–H and O–H groups in total. The van der Waals surface area contributed by atoms with E-state index in [1.807, 2.05) is 48.5 Å². The maximum atomic E-state index is 12.7. The van der Waals surface area contributed by atoms with E-state index in [1.54, 1.807) is 24.4 Å². The molecular formula is C26H25ClN6O4S. The third kappa shape index (κ3) is 6.55. The minimum absolute atomic E-state index is 0.101. The van der Waals surface area contributed by atoms with Crippen LogP contribution in [0.5, 0.6) is 17.2 Å². The summed E-state index contributed by atoms with van der Waals surface area (Å²) in [7, 11) is 3.05. The normalized spacial score (nSPS) is 10.9. The van der Waals surface area contributed by atoms with Gasteiger partial charge in [0.2, 0.25) is 5.16 Å². The van der Waals surface area contributed by atoms with Gasteiger partial charge in [-0.25, -0.2) is 10.1 Å². The number of benzene rings is 3. The number of hydrogen-bond donors (Lipinski definition) is 2. The molecule has 1 aromatic heterocycles. The number of Topliss-reactive ketones (excluding diaryl/α,β-unsaturated/α-hetero) is 1. The largest absolute Gasteiger partial charge is 0.493 e. The number of nitrogens with two attached hydrogens (primary N) is 1. The molecule has 0 unspecified atom stereocenters. The van der Waals surface area contributed by atoms with E-state index in [-0.39, 0.29) is 17.5 Å². The number of carbonyl (C=O) groups excluding carboxylic acids is 1. The molecule has 38 heavy (non-hydrogen) atoms. The summed E-state index contributed by atoms with van der Waals surface area (Å²) in [6, 6.07) is 19.9. The summed E-state index contributed by atoms with van der Waals surface area (Å²) < 4.78 is 17.6. The van der Waals surface area contributed by atoms with Gasteiger partial charge in [0.15, 0.2) is 17.3 Å². The Morgan fingerprint density at radius 1 is 1.05 bits per heavy atom. The highest BCUT2D eigenvalue weighted by Crippen LogP contribution is 2.28. The van der Waals surface area contributed by atoms with Gasteiger partial charge in [0, 0.05) is 21.7 Å². The average Bonchev–Trinajstić information content (AvgIpc) is 3.30. The molecule has 4 aromatic rings. The van der Waals surface area contributed by atoms with Gasteiger partial charge in [-0.15, -0.1) is 10.2 Å². The SMILES string of the molecule is COc1ccc(C(=O)CSc2nnc(N/N=C/c3ccccc3OCc3ccccc3Cl)n2N)cc1OC. The number of nitrogen functional groups attached to an aromatic ring is 1. The van der Waals surface area contributed by atoms with Crippen molar-refractivity contribution >= 4 is 41.3 Å². The molecular weight excluding hydrogens is 528 g/mol. The highest BCUT2D eigenvalue weighted by atomic mass is 35.5. The minimum atomic E-state index is -0.125. The van der Waals surface area contributed by atoms with Crippen LogP contribution in [-0.4, -0.2) is 46.8 Å². The first-order chi connectivity index (χ1) is 18.5. The van der Waals surface area contributed by atoms with Gasteiger partial charge in [0.25, 0.3) is 5.95 Å². The van der Waals surface area contributed by atoms with Crippen molar-refractivity contribution < 1.29 is 19.0 Å². The molecule has 0 radical (unpaired) electrons. The molecule has 0 aliphatic rings. The highest BCUT2D eigenvalue weighted by molar-refractivity contribution is 7.99. The molecule has 196 valence electrons. The Morgan fingerprint density at radius 3 is 2.61 bits per heavy atom. The molecule has 0 saturated carbocycles. The van der Waals surface area contributed by atoms with E-state index in [4.69, 9.17) is 31.7 Å². The highest BCUT2D eigenvalue weighted by Gasteiger charge is 2.15. The van der Waals surface area contributed by atoms with E-state index < -0.39 is 0 Å². The lowest BCUT2D eigenvalue weighted by atomic mass is 10.1. The van der Waals surface area contributed by atoms with Crippen molar-refractivity contribution in [2.24, 2.45) is 5.10 Å². The number of halogens is 1. The lowest BCUT2D eigenvalue weighted by Crippen LogP contribution is -2.14. The van der Waals surface area contributed by atoms with Crippen LogP contribution in [0.3, 0.4) is 0 Å². The summed E-state index contributed by atoms with van der Waals surface area (Å²) in [6.45, 7) is 0.317. The smallest absolute Gasteiger partial charge is 0.264 e. The Labute approximate surface area is 228 Å². The number of anilines is 1. The molecule has 0 fully saturated rings. The standard InChI is InChI=1S/C26H25ClN6O4S/c1-35-23-12-11-17(13-24(23)36-2)21(34)16-38-26-32-31-25(33(26)28)30-29-14-18-7-4-6-10-22(18)37-15-19-8-3-5-9-20(19)27/h3-14H,15-16,28H2,1-2H3,(H,30,31)/b29-14+. The van der Waals surface area contributed by atoms with Crippen molar-refractivity contribution in [2.75, 3.05) is 31.2 Å². The van der Waals surface area contributed by atoms with E-state index >= 15 is 0 Å². The van der Waals surface area contributed by atoms with Crippen molar-refractivity contribution in [3.63, 3.8) is 0 Å². The maximum absolute atomic E-state index is 12.7. The van der Waals surface area contributed by atoms with Gasteiger partial charge in [0.1, 0.15) is 12.4 Å².